The molecule has 1 fully saturated rings. The van der Waals surface area contributed by atoms with Crippen molar-refractivity contribution >= 4 is 11.6 Å². The van der Waals surface area contributed by atoms with Crippen LogP contribution in [0.2, 0.25) is 0 Å². The van der Waals surface area contributed by atoms with Crippen LogP contribution in [0.15, 0.2) is 0 Å². The Hall–Kier alpha value is 0.250. The van der Waals surface area contributed by atoms with Crippen molar-refractivity contribution in [2.24, 2.45) is 0 Å². The lowest BCUT2D eigenvalue weighted by molar-refractivity contribution is 0.371. The molecule has 0 bridgehead atoms. The van der Waals surface area contributed by atoms with E-state index in [1.165, 1.54) is 32.1 Å². The molecule has 0 aromatic heterocycles. The summed E-state index contributed by atoms with van der Waals surface area (Å²) in [5, 5.41) is 3.56. The number of hydrogen-bond acceptors (Lipinski definition) is 1. The number of rotatable bonds is 4. The van der Waals surface area contributed by atoms with Gasteiger partial charge < -0.3 is 5.32 Å². The first-order chi connectivity index (χ1) is 5.33. The number of nitrogens with one attached hydrogen (secondary N) is 1. The maximum Gasteiger partial charge on any atom is 0.0406 e. The monoisotopic (exact) mass is 175 g/mol. The Bertz CT molecular complexity index is 108. The molecule has 1 N–H and O–H groups in total. The largest absolute Gasteiger partial charge is 0.310 e. The number of alkyl halides is 1. The zero-order chi connectivity index (χ0) is 8.16. The summed E-state index contributed by atoms with van der Waals surface area (Å²) >= 11 is 5.94. The van der Waals surface area contributed by atoms with Crippen LogP contribution in [0.25, 0.3) is 0 Å². The third-order valence-electron chi connectivity index (χ3n) is 2.57. The third kappa shape index (κ3) is 2.34. The van der Waals surface area contributed by atoms with Gasteiger partial charge in [0.05, 0.1) is 0 Å². The number of hydrogen-bond donors (Lipinski definition) is 1. The summed E-state index contributed by atoms with van der Waals surface area (Å²) in [6.07, 6.45) is 6.46. The van der Waals surface area contributed by atoms with Crippen molar-refractivity contribution in [3.63, 3.8) is 0 Å². The lowest BCUT2D eigenvalue weighted by Crippen LogP contribution is -2.44. The Labute approximate surface area is 74.5 Å². The molecular weight excluding hydrogens is 158 g/mol. The first-order valence-corrected chi connectivity index (χ1v) is 5.17. The van der Waals surface area contributed by atoms with Crippen molar-refractivity contribution in [2.45, 2.75) is 44.6 Å². The van der Waals surface area contributed by atoms with Crippen molar-refractivity contribution in [2.75, 3.05) is 12.4 Å². The molecule has 1 aliphatic carbocycles. The van der Waals surface area contributed by atoms with Gasteiger partial charge in [0.25, 0.3) is 0 Å². The van der Waals surface area contributed by atoms with Gasteiger partial charge >= 0.3 is 0 Å². The van der Waals surface area contributed by atoms with Crippen LogP contribution >= 0.6 is 11.6 Å². The van der Waals surface area contributed by atoms with E-state index in [1.807, 2.05) is 0 Å². The van der Waals surface area contributed by atoms with Gasteiger partial charge in [-0.15, -0.1) is 11.6 Å². The molecule has 1 aliphatic rings. The molecule has 0 unspecified atom stereocenters. The second kappa shape index (κ2) is 4.32. The Morgan fingerprint density at radius 2 is 2.00 bits per heavy atom. The fourth-order valence-electron chi connectivity index (χ4n) is 1.80. The van der Waals surface area contributed by atoms with Gasteiger partial charge in [0, 0.05) is 11.4 Å². The molecule has 0 aromatic carbocycles. The normalized spacial score (nSPS) is 22.4. The molecule has 2 heteroatoms. The van der Waals surface area contributed by atoms with E-state index in [2.05, 4.69) is 12.2 Å². The molecule has 1 saturated carbocycles. The molecule has 1 nitrogen and oxygen atoms in total. The fourth-order valence-corrected chi connectivity index (χ4v) is 2.16. The Balaban J connectivity index is 2.33. The Morgan fingerprint density at radius 1 is 1.36 bits per heavy atom. The minimum absolute atomic E-state index is 0.303. The van der Waals surface area contributed by atoms with E-state index in [4.69, 9.17) is 11.6 Å². The van der Waals surface area contributed by atoms with E-state index >= 15 is 0 Å². The average molecular weight is 176 g/mol. The highest BCUT2D eigenvalue weighted by Crippen LogP contribution is 2.30. The minimum Gasteiger partial charge on any atom is -0.310 e. The van der Waals surface area contributed by atoms with Crippen molar-refractivity contribution < 1.29 is 0 Å². The van der Waals surface area contributed by atoms with Crippen molar-refractivity contribution in [3.8, 4) is 0 Å². The van der Waals surface area contributed by atoms with E-state index in [0.717, 1.165) is 12.4 Å². The molecule has 0 saturated heterocycles. The molecule has 0 amide bonds. The van der Waals surface area contributed by atoms with Gasteiger partial charge in [-0.25, -0.2) is 0 Å². The SMILES string of the molecule is CCCNC1(CCl)CCCC1. The molecule has 0 spiro atoms. The topological polar surface area (TPSA) is 12.0 Å². The quantitative estimate of drug-likeness (QED) is 0.648. The molecule has 0 aliphatic heterocycles. The molecule has 0 aromatic rings. The van der Waals surface area contributed by atoms with Gasteiger partial charge in [-0.3, -0.25) is 0 Å². The molecule has 66 valence electrons. The van der Waals surface area contributed by atoms with Crippen molar-refractivity contribution in [1.29, 1.82) is 0 Å². The van der Waals surface area contributed by atoms with Crippen LogP contribution in [-0.4, -0.2) is 18.0 Å². The van der Waals surface area contributed by atoms with E-state index in [1.54, 1.807) is 0 Å². The summed E-state index contributed by atoms with van der Waals surface area (Å²) in [4.78, 5) is 0. The first kappa shape index (κ1) is 9.34. The zero-order valence-electron chi connectivity index (χ0n) is 7.33. The summed E-state index contributed by atoms with van der Waals surface area (Å²) in [6.45, 7) is 3.32. The fraction of sp³-hybridized carbons (Fsp3) is 1.00. The van der Waals surface area contributed by atoms with Crippen LogP contribution in [0, 0.1) is 0 Å². The summed E-state index contributed by atoms with van der Waals surface area (Å²) in [5.41, 5.74) is 0.303. The molecule has 0 heterocycles. The van der Waals surface area contributed by atoms with Gasteiger partial charge in [0.15, 0.2) is 0 Å². The first-order valence-electron chi connectivity index (χ1n) is 4.64. The second-order valence-electron chi connectivity index (χ2n) is 3.55. The molecule has 0 radical (unpaired) electrons. The van der Waals surface area contributed by atoms with Crippen LogP contribution in [-0.2, 0) is 0 Å². The standard InChI is InChI=1S/C9H18ClN/c1-2-7-11-9(8-10)5-3-4-6-9/h11H,2-8H2,1H3. The van der Waals surface area contributed by atoms with Crippen LogP contribution in [0.5, 0.6) is 0 Å². The second-order valence-corrected chi connectivity index (χ2v) is 3.82. The van der Waals surface area contributed by atoms with Gasteiger partial charge in [-0.1, -0.05) is 19.8 Å². The lowest BCUT2D eigenvalue weighted by atomic mass is 10.0. The van der Waals surface area contributed by atoms with Gasteiger partial charge in [0.2, 0.25) is 0 Å². The van der Waals surface area contributed by atoms with Gasteiger partial charge in [0.1, 0.15) is 0 Å². The third-order valence-corrected chi connectivity index (χ3v) is 3.08. The van der Waals surface area contributed by atoms with E-state index in [-0.39, 0.29) is 0 Å². The summed E-state index contributed by atoms with van der Waals surface area (Å²) in [7, 11) is 0. The Kier molecular flexibility index (Phi) is 3.67. The van der Waals surface area contributed by atoms with Crippen LogP contribution in [0.3, 0.4) is 0 Å². The molecule has 0 atom stereocenters. The summed E-state index contributed by atoms with van der Waals surface area (Å²) < 4.78 is 0. The highest BCUT2D eigenvalue weighted by Gasteiger charge is 2.31. The molecule has 11 heavy (non-hydrogen) atoms. The van der Waals surface area contributed by atoms with Gasteiger partial charge in [-0.05, 0) is 25.8 Å². The summed E-state index contributed by atoms with van der Waals surface area (Å²) in [6, 6.07) is 0. The number of halogens is 1. The highest BCUT2D eigenvalue weighted by atomic mass is 35.5. The predicted molar refractivity (Wildman–Crippen MR) is 50.2 cm³/mol. The maximum absolute atomic E-state index is 5.94. The molecule has 1 rings (SSSR count). The Morgan fingerprint density at radius 3 is 2.45 bits per heavy atom. The van der Waals surface area contributed by atoms with Crippen LogP contribution in [0.1, 0.15) is 39.0 Å². The lowest BCUT2D eigenvalue weighted by Gasteiger charge is -2.27. The highest BCUT2D eigenvalue weighted by molar-refractivity contribution is 6.18. The van der Waals surface area contributed by atoms with E-state index < -0.39 is 0 Å². The summed E-state index contributed by atoms with van der Waals surface area (Å²) in [5.74, 6) is 0.785. The van der Waals surface area contributed by atoms with Crippen LogP contribution in [0.4, 0.5) is 0 Å². The van der Waals surface area contributed by atoms with E-state index in [9.17, 15) is 0 Å². The van der Waals surface area contributed by atoms with Crippen LogP contribution < -0.4 is 5.32 Å². The predicted octanol–water partition coefficient (Wildman–Crippen LogP) is 2.54. The van der Waals surface area contributed by atoms with E-state index in [0.29, 0.717) is 5.54 Å². The maximum atomic E-state index is 5.94. The van der Waals surface area contributed by atoms with Crippen molar-refractivity contribution in [1.82, 2.24) is 5.32 Å². The molecular formula is C9H18ClN. The minimum atomic E-state index is 0.303. The van der Waals surface area contributed by atoms with Crippen molar-refractivity contribution in [3.05, 3.63) is 0 Å². The smallest absolute Gasteiger partial charge is 0.0406 e. The van der Waals surface area contributed by atoms with Gasteiger partial charge in [-0.2, -0.15) is 0 Å². The zero-order valence-corrected chi connectivity index (χ0v) is 8.08. The average Bonchev–Trinajstić information content (AvgIpc) is 2.50.